The fraction of sp³-hybridized carbons (Fsp3) is 0.455. The van der Waals surface area contributed by atoms with Crippen molar-refractivity contribution in [1.82, 2.24) is 15.0 Å². The van der Waals surface area contributed by atoms with Crippen LogP contribution in [0.3, 0.4) is 0 Å². The molecule has 0 saturated carbocycles. The molecule has 1 fully saturated rings. The molecule has 162 valence electrons. The van der Waals surface area contributed by atoms with Crippen LogP contribution in [-0.4, -0.2) is 44.8 Å². The Morgan fingerprint density at radius 3 is 2.68 bits per heavy atom. The van der Waals surface area contributed by atoms with Gasteiger partial charge >= 0.3 is 29.6 Å². The smallest absolute Gasteiger partial charge is 1.00 e. The van der Waals surface area contributed by atoms with E-state index < -0.39 is 16.6 Å². The molecule has 0 spiro atoms. The first-order chi connectivity index (χ1) is 14.3. The van der Waals surface area contributed by atoms with Crippen molar-refractivity contribution >= 4 is 21.8 Å². The summed E-state index contributed by atoms with van der Waals surface area (Å²) in [7, 11) is -1.33. The second-order valence-electron chi connectivity index (χ2n) is 8.09. The van der Waals surface area contributed by atoms with Gasteiger partial charge in [-0.3, -0.25) is 9.19 Å². The van der Waals surface area contributed by atoms with Crippen molar-refractivity contribution in [3.63, 3.8) is 0 Å². The van der Waals surface area contributed by atoms with Crippen molar-refractivity contribution in [2.45, 2.75) is 44.4 Å². The summed E-state index contributed by atoms with van der Waals surface area (Å²) in [6, 6.07) is 7.65. The maximum absolute atomic E-state index is 12.9. The number of nitrogens with zero attached hydrogens (tertiary/aromatic N) is 2. The van der Waals surface area contributed by atoms with Gasteiger partial charge in [0.25, 0.3) is 0 Å². The molecule has 1 aliphatic heterocycles. The third kappa shape index (κ3) is 5.74. The van der Waals surface area contributed by atoms with Crippen molar-refractivity contribution < 1.29 is 49.4 Å². The molecule has 0 amide bonds. The number of pyridine rings is 1. The Hall–Kier alpha value is -1.29. The maximum atomic E-state index is 12.9. The number of rotatable bonds is 6. The zero-order chi connectivity index (χ0) is 21.3. The molecule has 2 aromatic heterocycles. The predicted octanol–water partition coefficient (Wildman–Crippen LogP) is 0.777. The average Bonchev–Trinajstić information content (AvgIpc) is 3.15. The summed E-state index contributed by atoms with van der Waals surface area (Å²) in [5, 5.41) is 0.458. The van der Waals surface area contributed by atoms with E-state index in [0.717, 1.165) is 33.6 Å². The summed E-state index contributed by atoms with van der Waals surface area (Å²) in [4.78, 5) is 12.1. The molecule has 4 rings (SSSR count). The predicted molar refractivity (Wildman–Crippen MR) is 116 cm³/mol. The molecule has 1 atom stereocenters. The van der Waals surface area contributed by atoms with Gasteiger partial charge in [-0.2, -0.15) is 0 Å². The van der Waals surface area contributed by atoms with E-state index in [1.807, 2.05) is 52.0 Å². The monoisotopic (exact) mass is 453 g/mol. The number of aromatic nitrogens is 3. The molecule has 0 radical (unpaired) electrons. The van der Waals surface area contributed by atoms with Crippen LogP contribution in [0.4, 0.5) is 0 Å². The van der Waals surface area contributed by atoms with Gasteiger partial charge in [0.05, 0.1) is 53.1 Å². The average molecular weight is 454 g/mol. The van der Waals surface area contributed by atoms with Crippen molar-refractivity contribution in [3.8, 4) is 5.75 Å². The third-order valence-corrected chi connectivity index (χ3v) is 6.35. The van der Waals surface area contributed by atoms with Crippen LogP contribution >= 0.6 is 0 Å². The molecule has 0 unspecified atom stereocenters. The Kier molecular flexibility index (Phi) is 7.94. The Balaban J connectivity index is 0.00000181. The van der Waals surface area contributed by atoms with E-state index in [1.165, 1.54) is 0 Å². The number of hydrogen-bond donors (Lipinski definition) is 1. The first kappa shape index (κ1) is 24.4. The van der Waals surface area contributed by atoms with Crippen LogP contribution in [0.1, 0.15) is 32.1 Å². The molecule has 1 N–H and O–H groups in total. The van der Waals surface area contributed by atoms with Gasteiger partial charge in [0, 0.05) is 23.2 Å². The summed E-state index contributed by atoms with van der Waals surface area (Å²) in [5.41, 5.74) is 4.27. The van der Waals surface area contributed by atoms with Crippen LogP contribution < -0.4 is 34.3 Å². The van der Waals surface area contributed by atoms with Crippen molar-refractivity contribution in [1.29, 1.82) is 0 Å². The number of H-pyrrole nitrogens is 1. The number of aryl methyl sites for hydroxylation is 1. The van der Waals surface area contributed by atoms with Gasteiger partial charge in [-0.1, -0.05) is 12.1 Å². The minimum atomic E-state index is -1.33. The van der Waals surface area contributed by atoms with Crippen LogP contribution in [0.25, 0.3) is 11.0 Å². The molecule has 0 aliphatic carbocycles. The van der Waals surface area contributed by atoms with E-state index in [9.17, 15) is 4.21 Å². The molecule has 0 bridgehead atoms. The summed E-state index contributed by atoms with van der Waals surface area (Å²) >= 11 is 0. The van der Waals surface area contributed by atoms with E-state index in [4.69, 9.17) is 14.2 Å². The summed E-state index contributed by atoms with van der Waals surface area (Å²) < 4.78 is 30.5. The zero-order valence-corrected chi connectivity index (χ0v) is 21.5. The Morgan fingerprint density at radius 2 is 1.97 bits per heavy atom. The van der Waals surface area contributed by atoms with E-state index in [-0.39, 0.29) is 42.7 Å². The zero-order valence-electron chi connectivity index (χ0n) is 19.7. The maximum Gasteiger partial charge on any atom is 1.00 e. The number of aromatic amines is 1. The van der Waals surface area contributed by atoms with Crippen molar-refractivity contribution in [3.05, 3.63) is 47.3 Å². The first-order valence-electron chi connectivity index (χ1n) is 10.0. The SMILES string of the molecule is Cc1cnc(C[S@@](=O)c2nc3ccccc3[nH]2)c(C)c1OCC1COC(C)(C)OC1.[H-].[Na+]. The number of nitrogens with one attached hydrogen (secondary N) is 1. The van der Waals surface area contributed by atoms with Gasteiger partial charge in [-0.25, -0.2) is 4.98 Å². The van der Waals surface area contributed by atoms with Crippen LogP contribution in [-0.2, 0) is 26.0 Å². The van der Waals surface area contributed by atoms with Crippen LogP contribution in [0.2, 0.25) is 0 Å². The first-order valence-corrected chi connectivity index (χ1v) is 11.3. The van der Waals surface area contributed by atoms with Crippen LogP contribution in [0, 0.1) is 19.8 Å². The number of fused-ring (bicyclic) bond motifs is 1. The second-order valence-corrected chi connectivity index (χ2v) is 9.46. The van der Waals surface area contributed by atoms with E-state index in [2.05, 4.69) is 15.0 Å². The molecule has 1 aromatic carbocycles. The Labute approximate surface area is 208 Å². The normalized spacial score (nSPS) is 17.3. The molecule has 1 aliphatic rings. The number of benzene rings is 1. The fourth-order valence-corrected chi connectivity index (χ4v) is 4.48. The van der Waals surface area contributed by atoms with Gasteiger partial charge in [0.2, 0.25) is 0 Å². The molecular weight excluding hydrogens is 425 g/mol. The molecule has 9 heteroatoms. The summed E-state index contributed by atoms with van der Waals surface area (Å²) in [6.45, 7) is 9.43. The van der Waals surface area contributed by atoms with E-state index in [1.54, 1.807) is 6.20 Å². The fourth-order valence-electron chi connectivity index (χ4n) is 3.38. The van der Waals surface area contributed by atoms with E-state index in [0.29, 0.717) is 25.0 Å². The summed E-state index contributed by atoms with van der Waals surface area (Å²) in [5.74, 6) is 0.684. The Bertz CT molecular complexity index is 1050. The van der Waals surface area contributed by atoms with Crippen LogP contribution in [0.15, 0.2) is 35.6 Å². The van der Waals surface area contributed by atoms with Gasteiger partial charge in [-0.05, 0) is 39.8 Å². The van der Waals surface area contributed by atoms with Crippen molar-refractivity contribution in [2.24, 2.45) is 5.92 Å². The summed E-state index contributed by atoms with van der Waals surface area (Å²) in [6.07, 6.45) is 1.77. The minimum absolute atomic E-state index is 0. The number of para-hydroxylation sites is 2. The third-order valence-electron chi connectivity index (χ3n) is 5.19. The number of ether oxygens (including phenoxy) is 3. The topological polar surface area (TPSA) is 86.3 Å². The molecule has 1 saturated heterocycles. The van der Waals surface area contributed by atoms with Crippen molar-refractivity contribution in [2.75, 3.05) is 19.8 Å². The number of imidazole rings is 1. The van der Waals surface area contributed by atoms with Crippen LogP contribution in [0.5, 0.6) is 5.75 Å². The molecule has 3 heterocycles. The van der Waals surface area contributed by atoms with Gasteiger partial charge < -0.3 is 20.6 Å². The Morgan fingerprint density at radius 1 is 1.26 bits per heavy atom. The van der Waals surface area contributed by atoms with Gasteiger partial charge in [0.15, 0.2) is 10.9 Å². The van der Waals surface area contributed by atoms with E-state index >= 15 is 0 Å². The molecule has 31 heavy (non-hydrogen) atoms. The van der Waals surface area contributed by atoms with Gasteiger partial charge in [-0.15, -0.1) is 0 Å². The standard InChI is InChI=1S/C22H27N3O4S.Na.H/c1-14-9-23-19(13-30(26)21-24-17-7-5-6-8-18(17)25-21)15(2)20(14)27-10-16-11-28-22(3,4)29-12-16;;/h5-9,16H,10-13H2,1-4H3,(H,24,25);;/q;+1;-1/t30-;;/m1../s1. The molecular formula is C22H28N3NaO4S. The minimum Gasteiger partial charge on any atom is -1.00 e. The van der Waals surface area contributed by atoms with Gasteiger partial charge in [0.1, 0.15) is 5.75 Å². The largest absolute Gasteiger partial charge is 1.00 e. The second kappa shape index (κ2) is 10.1. The quantitative estimate of drug-likeness (QED) is 0.555. The number of hydrogen-bond acceptors (Lipinski definition) is 6. The molecule has 3 aromatic rings. The molecule has 7 nitrogen and oxygen atoms in total.